The summed E-state index contributed by atoms with van der Waals surface area (Å²) in [5.41, 5.74) is 1.68. The molecule has 1 heteroatoms. The quantitative estimate of drug-likeness (QED) is 0.496. The molecule has 0 spiro atoms. The fourth-order valence-corrected chi connectivity index (χ4v) is 1.21. The van der Waals surface area contributed by atoms with Crippen LogP contribution in [0.3, 0.4) is 0 Å². The van der Waals surface area contributed by atoms with Gasteiger partial charge >= 0.3 is 91.5 Å². The molecule has 0 radical (unpaired) electrons. The molecule has 73 valence electrons. The molecular weight excluding hydrogens is 195 g/mol. The molecular formula is C12H19V-. The van der Waals surface area contributed by atoms with Crippen molar-refractivity contribution in [2.75, 3.05) is 0 Å². The van der Waals surface area contributed by atoms with E-state index in [1.54, 1.807) is 0 Å². The summed E-state index contributed by atoms with van der Waals surface area (Å²) in [7, 11) is 0. The van der Waals surface area contributed by atoms with E-state index in [2.05, 4.69) is 62.9 Å². The van der Waals surface area contributed by atoms with Gasteiger partial charge in [0.25, 0.3) is 0 Å². The fraction of sp³-hybridized carbons (Fsp3) is 0.583. The van der Waals surface area contributed by atoms with Gasteiger partial charge in [-0.05, 0) is 0 Å². The second-order valence-corrected chi connectivity index (χ2v) is 4.93. The first-order valence-corrected chi connectivity index (χ1v) is 5.47. The van der Waals surface area contributed by atoms with Crippen molar-refractivity contribution in [1.82, 2.24) is 0 Å². The molecule has 0 saturated carbocycles. The zero-order chi connectivity index (χ0) is 10.3. The molecule has 0 nitrogen and oxygen atoms in total. The van der Waals surface area contributed by atoms with E-state index in [1.165, 1.54) is 12.0 Å². The van der Waals surface area contributed by atoms with Crippen LogP contribution in [0, 0.1) is 11.5 Å². The van der Waals surface area contributed by atoms with Crippen LogP contribution in [0.5, 0.6) is 0 Å². The molecule has 0 atom stereocenters. The van der Waals surface area contributed by atoms with E-state index in [0.717, 1.165) is 6.42 Å². The van der Waals surface area contributed by atoms with Crippen molar-refractivity contribution in [2.45, 2.75) is 40.5 Å². The van der Waals surface area contributed by atoms with E-state index in [4.69, 9.17) is 0 Å². The molecule has 0 aliphatic rings. The van der Waals surface area contributed by atoms with Gasteiger partial charge in [0.2, 0.25) is 0 Å². The SMILES string of the molecule is CC(C=[C-]CCC(C)(C)C)=C[CH]=[V]. The minimum absolute atomic E-state index is 0.423. The molecule has 13 heavy (non-hydrogen) atoms. The van der Waals surface area contributed by atoms with Crippen LogP contribution < -0.4 is 0 Å². The molecule has 0 unspecified atom stereocenters. The third-order valence-corrected chi connectivity index (χ3v) is 1.92. The van der Waals surface area contributed by atoms with Gasteiger partial charge in [-0.15, -0.1) is 0 Å². The van der Waals surface area contributed by atoms with Crippen molar-refractivity contribution in [3.8, 4) is 0 Å². The van der Waals surface area contributed by atoms with Crippen LogP contribution in [-0.2, 0) is 17.0 Å². The molecule has 0 aromatic carbocycles. The van der Waals surface area contributed by atoms with Crippen LogP contribution in [0.15, 0.2) is 17.7 Å². The number of rotatable bonds is 4. The maximum atomic E-state index is 3.31. The Morgan fingerprint density at radius 2 is 2.00 bits per heavy atom. The first-order chi connectivity index (χ1) is 5.95. The van der Waals surface area contributed by atoms with Gasteiger partial charge in [0, 0.05) is 0 Å². The Balaban J connectivity index is 3.77. The molecule has 0 N–H and O–H groups in total. The van der Waals surface area contributed by atoms with Gasteiger partial charge in [0.1, 0.15) is 0 Å². The summed E-state index contributed by atoms with van der Waals surface area (Å²) < 4.78 is 1.99. The number of hydrogen-bond acceptors (Lipinski definition) is 0. The third kappa shape index (κ3) is 9.85. The van der Waals surface area contributed by atoms with Crippen molar-refractivity contribution in [1.29, 1.82) is 0 Å². The maximum absolute atomic E-state index is 3.31. The molecule has 0 aliphatic carbocycles. The van der Waals surface area contributed by atoms with E-state index < -0.39 is 0 Å². The van der Waals surface area contributed by atoms with E-state index in [-0.39, 0.29) is 0 Å². The van der Waals surface area contributed by atoms with Gasteiger partial charge in [0.05, 0.1) is 0 Å². The Hall–Kier alpha value is -0.0656. The van der Waals surface area contributed by atoms with Crippen molar-refractivity contribution in [3.05, 3.63) is 23.8 Å². The number of allylic oxidation sites excluding steroid dienone is 4. The Bertz CT molecular complexity index is 204. The van der Waals surface area contributed by atoms with Crippen LogP contribution in [0.2, 0.25) is 0 Å². The van der Waals surface area contributed by atoms with Gasteiger partial charge in [-0.2, -0.15) is 0 Å². The average Bonchev–Trinajstić information content (AvgIpc) is 1.97. The first kappa shape index (κ1) is 12.9. The van der Waals surface area contributed by atoms with Crippen molar-refractivity contribution in [3.63, 3.8) is 0 Å². The summed E-state index contributed by atoms with van der Waals surface area (Å²) >= 11 is 2.44. The normalized spacial score (nSPS) is 13.6. The van der Waals surface area contributed by atoms with Crippen molar-refractivity contribution in [2.24, 2.45) is 5.41 Å². The summed E-state index contributed by atoms with van der Waals surface area (Å²) in [6.45, 7) is 8.87. The minimum atomic E-state index is 0.423. The monoisotopic (exact) mass is 214 g/mol. The van der Waals surface area contributed by atoms with E-state index in [9.17, 15) is 0 Å². The molecule has 0 fully saturated rings. The molecule has 0 rings (SSSR count). The molecule has 0 amide bonds. The van der Waals surface area contributed by atoms with E-state index in [1.807, 2.05) is 4.73 Å². The van der Waals surface area contributed by atoms with Gasteiger partial charge in [-0.3, -0.25) is 0 Å². The van der Waals surface area contributed by atoms with Crippen LogP contribution in [0.4, 0.5) is 0 Å². The summed E-state index contributed by atoms with van der Waals surface area (Å²) in [6.07, 6.45) is 9.69. The van der Waals surface area contributed by atoms with Crippen LogP contribution in [0.1, 0.15) is 40.5 Å². The van der Waals surface area contributed by atoms with Crippen molar-refractivity contribution < 1.29 is 17.0 Å². The number of hydrogen-bond donors (Lipinski definition) is 0. The summed E-state index contributed by atoms with van der Waals surface area (Å²) in [5.74, 6) is 0. The second-order valence-electron chi connectivity index (χ2n) is 4.47. The van der Waals surface area contributed by atoms with Gasteiger partial charge < -0.3 is 0 Å². The van der Waals surface area contributed by atoms with Crippen LogP contribution in [-0.4, -0.2) is 4.73 Å². The Labute approximate surface area is 91.6 Å². The zero-order valence-electron chi connectivity index (χ0n) is 9.09. The van der Waals surface area contributed by atoms with E-state index in [0.29, 0.717) is 5.41 Å². The van der Waals surface area contributed by atoms with Crippen molar-refractivity contribution >= 4 is 4.73 Å². The summed E-state index contributed by atoms with van der Waals surface area (Å²) in [6, 6.07) is 0. The Morgan fingerprint density at radius 3 is 2.46 bits per heavy atom. The average molecular weight is 214 g/mol. The fourth-order valence-electron chi connectivity index (χ4n) is 0.846. The second kappa shape index (κ2) is 6.40. The van der Waals surface area contributed by atoms with Crippen LogP contribution >= 0.6 is 0 Å². The molecule has 0 heterocycles. The molecule has 0 aliphatic heterocycles. The van der Waals surface area contributed by atoms with Gasteiger partial charge in [-0.1, -0.05) is 0 Å². The van der Waals surface area contributed by atoms with Crippen LogP contribution in [0.25, 0.3) is 0 Å². The standard InChI is InChI=1S/C12H19.V/c1-6-11(2)9-7-8-10-12(3,4)5;/h1,6,9H,8,10H2,2-5H3;/q-1;. The Kier molecular flexibility index (Phi) is 6.37. The predicted octanol–water partition coefficient (Wildman–Crippen LogP) is 3.47. The van der Waals surface area contributed by atoms with Gasteiger partial charge in [0.15, 0.2) is 0 Å². The molecule has 0 saturated heterocycles. The Morgan fingerprint density at radius 1 is 1.38 bits per heavy atom. The van der Waals surface area contributed by atoms with Gasteiger partial charge in [-0.25, -0.2) is 0 Å². The summed E-state index contributed by atoms with van der Waals surface area (Å²) in [5, 5.41) is 0. The molecule has 0 aromatic rings. The topological polar surface area (TPSA) is 0 Å². The zero-order valence-corrected chi connectivity index (χ0v) is 10.5. The van der Waals surface area contributed by atoms with E-state index >= 15 is 0 Å². The third-order valence-electron chi connectivity index (χ3n) is 1.69. The molecule has 0 aromatic heterocycles. The molecule has 0 bridgehead atoms. The predicted molar refractivity (Wildman–Crippen MR) is 56.3 cm³/mol. The summed E-state index contributed by atoms with van der Waals surface area (Å²) in [4.78, 5) is 0. The first-order valence-electron chi connectivity index (χ1n) is 4.66.